The van der Waals surface area contributed by atoms with Crippen LogP contribution in [0.2, 0.25) is 0 Å². The Balaban J connectivity index is 2.04. The van der Waals surface area contributed by atoms with Gasteiger partial charge in [-0.15, -0.1) is 0 Å². The number of rotatable bonds is 10. The second-order valence-electron chi connectivity index (χ2n) is 6.58. The second-order valence-corrected chi connectivity index (χ2v) is 10.3. The molecular formula is C20H27N3O5S2. The molecule has 2 N–H and O–H groups in total. The fraction of sp³-hybridized carbons (Fsp3) is 0.350. The highest BCUT2D eigenvalue weighted by Crippen LogP contribution is 2.23. The van der Waals surface area contributed by atoms with Gasteiger partial charge in [-0.3, -0.25) is 4.79 Å². The molecule has 0 heterocycles. The van der Waals surface area contributed by atoms with Crippen LogP contribution in [0.3, 0.4) is 0 Å². The molecule has 0 aliphatic carbocycles. The monoisotopic (exact) mass is 453 g/mol. The molecule has 30 heavy (non-hydrogen) atoms. The SMILES string of the molecule is CCN(CC)S(=O)(=O)c1cc(NC(=O)CCNS(=O)(=O)c2ccccc2)ccc1C. The number of benzene rings is 2. The number of carbonyl (C=O) groups is 1. The van der Waals surface area contributed by atoms with Crippen molar-refractivity contribution in [3.63, 3.8) is 0 Å². The minimum atomic E-state index is -3.69. The van der Waals surface area contributed by atoms with Gasteiger partial charge in [-0.1, -0.05) is 38.1 Å². The maximum atomic E-state index is 12.8. The molecule has 0 aromatic heterocycles. The largest absolute Gasteiger partial charge is 0.326 e. The fourth-order valence-electron chi connectivity index (χ4n) is 2.86. The number of amides is 1. The van der Waals surface area contributed by atoms with Crippen molar-refractivity contribution >= 4 is 31.6 Å². The number of sulfonamides is 2. The molecule has 0 bridgehead atoms. The lowest BCUT2D eigenvalue weighted by atomic mass is 10.2. The van der Waals surface area contributed by atoms with Gasteiger partial charge < -0.3 is 5.32 Å². The zero-order chi connectivity index (χ0) is 22.4. The van der Waals surface area contributed by atoms with Crippen molar-refractivity contribution in [3.8, 4) is 0 Å². The van der Waals surface area contributed by atoms with E-state index < -0.39 is 26.0 Å². The summed E-state index contributed by atoms with van der Waals surface area (Å²) in [5.41, 5.74) is 0.915. The van der Waals surface area contributed by atoms with E-state index in [1.54, 1.807) is 51.1 Å². The van der Waals surface area contributed by atoms with Gasteiger partial charge in [0.15, 0.2) is 0 Å². The summed E-state index contributed by atoms with van der Waals surface area (Å²) in [5, 5.41) is 2.63. The van der Waals surface area contributed by atoms with Gasteiger partial charge in [-0.2, -0.15) is 4.31 Å². The highest BCUT2D eigenvalue weighted by Gasteiger charge is 2.24. The number of hydrogen-bond donors (Lipinski definition) is 2. The summed E-state index contributed by atoms with van der Waals surface area (Å²) in [7, 11) is -7.36. The Morgan fingerprint density at radius 2 is 1.60 bits per heavy atom. The lowest BCUT2D eigenvalue weighted by molar-refractivity contribution is -0.116. The van der Waals surface area contributed by atoms with E-state index in [2.05, 4.69) is 10.0 Å². The molecule has 0 radical (unpaired) electrons. The number of nitrogens with one attached hydrogen (secondary N) is 2. The molecule has 0 saturated heterocycles. The maximum Gasteiger partial charge on any atom is 0.243 e. The van der Waals surface area contributed by atoms with Crippen LogP contribution < -0.4 is 10.0 Å². The number of hydrogen-bond acceptors (Lipinski definition) is 5. The summed E-state index contributed by atoms with van der Waals surface area (Å²) in [6, 6.07) is 12.5. The molecule has 2 rings (SSSR count). The van der Waals surface area contributed by atoms with Crippen LogP contribution in [0, 0.1) is 6.92 Å². The van der Waals surface area contributed by atoms with Gasteiger partial charge >= 0.3 is 0 Å². The van der Waals surface area contributed by atoms with E-state index in [4.69, 9.17) is 0 Å². The predicted octanol–water partition coefficient (Wildman–Crippen LogP) is 2.33. The maximum absolute atomic E-state index is 12.8. The summed E-state index contributed by atoms with van der Waals surface area (Å²) in [4.78, 5) is 12.5. The normalized spacial score (nSPS) is 12.1. The third-order valence-electron chi connectivity index (χ3n) is 4.49. The van der Waals surface area contributed by atoms with E-state index in [0.717, 1.165) is 0 Å². The standard InChI is InChI=1S/C20H27N3O5S2/c1-4-23(5-2)30(27,28)19-15-17(12-11-16(19)3)22-20(24)13-14-21-29(25,26)18-9-7-6-8-10-18/h6-12,15,21H,4-5,13-14H2,1-3H3,(H,22,24). The quantitative estimate of drug-likeness (QED) is 0.573. The third kappa shape index (κ3) is 5.88. The van der Waals surface area contributed by atoms with Gasteiger partial charge in [-0.25, -0.2) is 21.6 Å². The van der Waals surface area contributed by atoms with Crippen LogP contribution in [0.1, 0.15) is 25.8 Å². The number of nitrogens with zero attached hydrogens (tertiary/aromatic N) is 1. The molecule has 1 amide bonds. The first-order chi connectivity index (χ1) is 14.1. The van der Waals surface area contributed by atoms with Crippen LogP contribution in [0.25, 0.3) is 0 Å². The van der Waals surface area contributed by atoms with E-state index in [9.17, 15) is 21.6 Å². The van der Waals surface area contributed by atoms with Crippen molar-refractivity contribution in [2.24, 2.45) is 0 Å². The molecule has 10 heteroatoms. The molecule has 0 aliphatic heterocycles. The Hall–Kier alpha value is -2.27. The van der Waals surface area contributed by atoms with Crippen LogP contribution in [0.5, 0.6) is 0 Å². The lowest BCUT2D eigenvalue weighted by Gasteiger charge is -2.20. The number of carbonyl (C=O) groups excluding carboxylic acids is 1. The lowest BCUT2D eigenvalue weighted by Crippen LogP contribution is -2.31. The smallest absolute Gasteiger partial charge is 0.243 e. The molecule has 164 valence electrons. The van der Waals surface area contributed by atoms with E-state index in [-0.39, 0.29) is 22.8 Å². The predicted molar refractivity (Wildman–Crippen MR) is 116 cm³/mol. The van der Waals surface area contributed by atoms with Gasteiger partial charge in [0, 0.05) is 31.7 Å². The minimum absolute atomic E-state index is 0.0838. The van der Waals surface area contributed by atoms with Gasteiger partial charge in [0.2, 0.25) is 26.0 Å². The Morgan fingerprint density at radius 1 is 0.967 bits per heavy atom. The van der Waals surface area contributed by atoms with Gasteiger partial charge in [0.1, 0.15) is 0 Å². The first kappa shape index (κ1) is 24.0. The van der Waals surface area contributed by atoms with E-state index in [0.29, 0.717) is 24.3 Å². The number of aryl methyl sites for hydroxylation is 1. The fourth-order valence-corrected chi connectivity index (χ4v) is 5.63. The van der Waals surface area contributed by atoms with Crippen LogP contribution in [-0.2, 0) is 24.8 Å². The average molecular weight is 454 g/mol. The van der Waals surface area contributed by atoms with Crippen LogP contribution in [-0.4, -0.2) is 46.7 Å². The van der Waals surface area contributed by atoms with Crippen molar-refractivity contribution in [2.75, 3.05) is 25.0 Å². The summed E-state index contributed by atoms with van der Waals surface area (Å²) >= 11 is 0. The van der Waals surface area contributed by atoms with Crippen molar-refractivity contribution in [2.45, 2.75) is 37.0 Å². The Morgan fingerprint density at radius 3 is 2.20 bits per heavy atom. The van der Waals surface area contributed by atoms with E-state index in [1.165, 1.54) is 22.5 Å². The first-order valence-electron chi connectivity index (χ1n) is 9.57. The summed E-state index contributed by atoms with van der Waals surface area (Å²) in [6.07, 6.45) is -0.0991. The topological polar surface area (TPSA) is 113 Å². The molecule has 0 spiro atoms. The highest BCUT2D eigenvalue weighted by molar-refractivity contribution is 7.89. The molecule has 2 aromatic carbocycles. The van der Waals surface area contributed by atoms with Crippen LogP contribution in [0.15, 0.2) is 58.3 Å². The van der Waals surface area contributed by atoms with Gasteiger partial charge in [0.05, 0.1) is 9.79 Å². The van der Waals surface area contributed by atoms with Gasteiger partial charge in [0.25, 0.3) is 0 Å². The van der Waals surface area contributed by atoms with Gasteiger partial charge in [-0.05, 0) is 36.8 Å². The zero-order valence-corrected chi connectivity index (χ0v) is 18.9. The zero-order valence-electron chi connectivity index (χ0n) is 17.3. The average Bonchev–Trinajstić information content (AvgIpc) is 2.70. The molecule has 0 aliphatic rings. The third-order valence-corrected chi connectivity index (χ3v) is 8.16. The molecule has 0 atom stereocenters. The molecule has 0 saturated carbocycles. The Kier molecular flexibility index (Phi) is 8.13. The molecule has 2 aromatic rings. The second kappa shape index (κ2) is 10.2. The van der Waals surface area contributed by atoms with Crippen molar-refractivity contribution in [1.29, 1.82) is 0 Å². The molecule has 0 fully saturated rings. The van der Waals surface area contributed by atoms with Crippen molar-refractivity contribution in [1.82, 2.24) is 9.03 Å². The highest BCUT2D eigenvalue weighted by atomic mass is 32.2. The summed E-state index contributed by atoms with van der Waals surface area (Å²) in [6.45, 7) is 5.82. The summed E-state index contributed by atoms with van der Waals surface area (Å²) < 4.78 is 53.7. The first-order valence-corrected chi connectivity index (χ1v) is 12.5. The molecule has 8 nitrogen and oxygen atoms in total. The Labute approximate surface area is 178 Å². The molecule has 0 unspecified atom stereocenters. The Bertz CT molecular complexity index is 1080. The van der Waals surface area contributed by atoms with Crippen LogP contribution >= 0.6 is 0 Å². The van der Waals surface area contributed by atoms with E-state index >= 15 is 0 Å². The van der Waals surface area contributed by atoms with Crippen molar-refractivity contribution < 1.29 is 21.6 Å². The van der Waals surface area contributed by atoms with Crippen molar-refractivity contribution in [3.05, 3.63) is 54.1 Å². The van der Waals surface area contributed by atoms with E-state index in [1.807, 2.05) is 0 Å². The molecular weight excluding hydrogens is 426 g/mol. The summed E-state index contributed by atoms with van der Waals surface area (Å²) in [5.74, 6) is -0.430. The van der Waals surface area contributed by atoms with Crippen LogP contribution in [0.4, 0.5) is 5.69 Å². The minimum Gasteiger partial charge on any atom is -0.326 e. The number of anilines is 1.